The van der Waals surface area contributed by atoms with Gasteiger partial charge >= 0.3 is 0 Å². The molecule has 3 heterocycles. The average Bonchev–Trinajstić information content (AvgIpc) is 3.91. The lowest BCUT2D eigenvalue weighted by Crippen LogP contribution is -2.40. The van der Waals surface area contributed by atoms with Crippen molar-refractivity contribution in [1.82, 2.24) is 24.3 Å². The minimum absolute atomic E-state index is 0.00684. The Morgan fingerprint density at radius 1 is 1.12 bits per heavy atom. The number of aryl methyl sites for hydroxylation is 1. The van der Waals surface area contributed by atoms with Crippen LogP contribution in [-0.4, -0.2) is 57.1 Å². The first-order chi connectivity index (χ1) is 19.9. The second-order valence-corrected chi connectivity index (χ2v) is 12.8. The van der Waals surface area contributed by atoms with Crippen LogP contribution in [-0.2, 0) is 13.6 Å². The molecule has 2 aliphatic carbocycles. The zero-order chi connectivity index (χ0) is 28.7. The molecule has 8 nitrogen and oxygen atoms in total. The molecule has 41 heavy (non-hydrogen) atoms. The molecule has 2 aromatic heterocycles. The molecule has 8 heteroatoms. The third kappa shape index (κ3) is 5.88. The fourth-order valence-corrected chi connectivity index (χ4v) is 6.31. The fourth-order valence-electron chi connectivity index (χ4n) is 6.31. The standard InChI is InChI=1S/C33H45N5O3/c1-5-21(2)8-9-22-7-6-16-37(19-22)33(40)24-17-26-30(29(18-24)41-4)36(3)31(35-26)27-14-15-28(32(39)34-25-12-13-25)38(27)20-23-10-11-23/h14-15,17-18,21-23,25H,5-13,16,19-20H2,1-4H3,(H,34,39)/t21?,22-/m0/s1. The summed E-state index contributed by atoms with van der Waals surface area (Å²) in [6.45, 7) is 7.01. The maximum absolute atomic E-state index is 13.8. The third-order valence-corrected chi connectivity index (χ3v) is 9.46. The van der Waals surface area contributed by atoms with Gasteiger partial charge in [-0.15, -0.1) is 0 Å². The molecule has 3 aromatic rings. The predicted molar refractivity (Wildman–Crippen MR) is 161 cm³/mol. The summed E-state index contributed by atoms with van der Waals surface area (Å²) in [6, 6.07) is 8.03. The van der Waals surface area contributed by atoms with Crippen molar-refractivity contribution in [3.63, 3.8) is 0 Å². The minimum Gasteiger partial charge on any atom is -0.494 e. The molecule has 1 aromatic carbocycles. The van der Waals surface area contributed by atoms with Gasteiger partial charge in [-0.25, -0.2) is 4.98 Å². The number of methoxy groups -OCH3 is 1. The van der Waals surface area contributed by atoms with E-state index in [-0.39, 0.29) is 11.8 Å². The summed E-state index contributed by atoms with van der Waals surface area (Å²) >= 11 is 0. The molecule has 2 atom stereocenters. The molecule has 1 aliphatic heterocycles. The van der Waals surface area contributed by atoms with Gasteiger partial charge in [-0.05, 0) is 87.0 Å². The van der Waals surface area contributed by atoms with Crippen LogP contribution in [0.4, 0.5) is 0 Å². The van der Waals surface area contributed by atoms with E-state index in [1.807, 2.05) is 40.8 Å². The van der Waals surface area contributed by atoms with Crippen LogP contribution >= 0.6 is 0 Å². The fraction of sp³-hybridized carbons (Fsp3) is 0.606. The number of hydrogen-bond donors (Lipinski definition) is 1. The number of nitrogens with zero attached hydrogens (tertiary/aromatic N) is 4. The summed E-state index contributed by atoms with van der Waals surface area (Å²) in [5.41, 5.74) is 3.83. The number of hydrogen-bond acceptors (Lipinski definition) is 4. The van der Waals surface area contributed by atoms with Crippen molar-refractivity contribution in [3.05, 3.63) is 35.5 Å². The van der Waals surface area contributed by atoms with Gasteiger partial charge in [0.05, 0.1) is 18.3 Å². The van der Waals surface area contributed by atoms with Gasteiger partial charge in [-0.2, -0.15) is 0 Å². The lowest BCUT2D eigenvalue weighted by molar-refractivity contribution is 0.0663. The van der Waals surface area contributed by atoms with Crippen LogP contribution in [0.1, 0.15) is 92.5 Å². The lowest BCUT2D eigenvalue weighted by atomic mass is 9.89. The number of piperidine rings is 1. The molecule has 1 unspecified atom stereocenters. The average molecular weight is 560 g/mol. The number of likely N-dealkylation sites (tertiary alicyclic amines) is 1. The molecule has 0 radical (unpaired) electrons. The largest absolute Gasteiger partial charge is 0.494 e. The summed E-state index contributed by atoms with van der Waals surface area (Å²) < 4.78 is 10.0. The Morgan fingerprint density at radius 2 is 1.93 bits per heavy atom. The van der Waals surface area contributed by atoms with Crippen LogP contribution in [0.25, 0.3) is 22.6 Å². The van der Waals surface area contributed by atoms with E-state index in [4.69, 9.17) is 9.72 Å². The molecule has 2 amide bonds. The zero-order valence-corrected chi connectivity index (χ0v) is 25.1. The first-order valence-corrected chi connectivity index (χ1v) is 15.7. The maximum atomic E-state index is 13.8. The molecule has 220 valence electrons. The lowest BCUT2D eigenvalue weighted by Gasteiger charge is -2.33. The van der Waals surface area contributed by atoms with Crippen molar-refractivity contribution < 1.29 is 14.3 Å². The maximum Gasteiger partial charge on any atom is 0.268 e. The highest BCUT2D eigenvalue weighted by Gasteiger charge is 2.31. The topological polar surface area (TPSA) is 81.4 Å². The number of aromatic nitrogens is 3. The number of ether oxygens (including phenoxy) is 1. The van der Waals surface area contributed by atoms with E-state index < -0.39 is 0 Å². The number of fused-ring (bicyclic) bond motifs is 1. The van der Waals surface area contributed by atoms with Crippen molar-refractivity contribution in [2.45, 2.75) is 84.2 Å². The summed E-state index contributed by atoms with van der Waals surface area (Å²) in [5, 5.41) is 3.15. The minimum atomic E-state index is -0.00684. The van der Waals surface area contributed by atoms with Crippen LogP contribution in [0.5, 0.6) is 5.75 Å². The van der Waals surface area contributed by atoms with Crippen LogP contribution in [0.2, 0.25) is 0 Å². The van der Waals surface area contributed by atoms with Crippen molar-refractivity contribution in [3.8, 4) is 17.3 Å². The molecule has 0 bridgehead atoms. The molecule has 1 N–H and O–H groups in total. The predicted octanol–water partition coefficient (Wildman–Crippen LogP) is 6.03. The molecule has 2 saturated carbocycles. The molecule has 6 rings (SSSR count). The number of nitrogens with one attached hydrogen (secondary N) is 1. The van der Waals surface area contributed by atoms with E-state index in [2.05, 4.69) is 23.7 Å². The van der Waals surface area contributed by atoms with E-state index in [9.17, 15) is 9.59 Å². The number of carbonyl (C=O) groups is 2. The van der Waals surface area contributed by atoms with Gasteiger partial charge in [-0.1, -0.05) is 26.7 Å². The Balaban J connectivity index is 1.30. The Labute approximate surface area is 243 Å². The van der Waals surface area contributed by atoms with E-state index in [0.717, 1.165) is 67.4 Å². The summed E-state index contributed by atoms with van der Waals surface area (Å²) in [6.07, 6.45) is 10.4. The second kappa shape index (κ2) is 11.5. The van der Waals surface area contributed by atoms with E-state index >= 15 is 0 Å². The smallest absolute Gasteiger partial charge is 0.268 e. The van der Waals surface area contributed by atoms with Crippen molar-refractivity contribution in [1.29, 1.82) is 0 Å². The van der Waals surface area contributed by atoms with E-state index in [1.165, 1.54) is 38.5 Å². The van der Waals surface area contributed by atoms with Gasteiger partial charge in [0.25, 0.3) is 11.8 Å². The highest BCUT2D eigenvalue weighted by atomic mass is 16.5. The first-order valence-electron chi connectivity index (χ1n) is 15.7. The Morgan fingerprint density at radius 3 is 2.63 bits per heavy atom. The summed E-state index contributed by atoms with van der Waals surface area (Å²) in [7, 11) is 3.64. The van der Waals surface area contributed by atoms with Crippen molar-refractivity contribution in [2.24, 2.45) is 24.8 Å². The van der Waals surface area contributed by atoms with Crippen molar-refractivity contribution in [2.75, 3.05) is 20.2 Å². The third-order valence-electron chi connectivity index (χ3n) is 9.46. The molecular formula is C33H45N5O3. The SMILES string of the molecule is CCC(C)CC[C@@H]1CCCN(C(=O)c2cc(OC)c3c(c2)nc(-c2ccc(C(=O)NC4CC4)n2CC2CC2)n3C)C1. The monoisotopic (exact) mass is 559 g/mol. The Hall–Kier alpha value is -3.29. The highest BCUT2D eigenvalue weighted by molar-refractivity contribution is 6.00. The number of carbonyl (C=O) groups excluding carboxylic acids is 2. The highest BCUT2D eigenvalue weighted by Crippen LogP contribution is 2.37. The zero-order valence-electron chi connectivity index (χ0n) is 25.1. The summed E-state index contributed by atoms with van der Waals surface area (Å²) in [5.74, 6) is 3.37. The van der Waals surface area contributed by atoms with E-state index in [0.29, 0.717) is 34.9 Å². The first kappa shape index (κ1) is 27.9. The van der Waals surface area contributed by atoms with E-state index in [1.54, 1.807) is 7.11 Å². The Bertz CT molecular complexity index is 1430. The van der Waals surface area contributed by atoms with Crippen LogP contribution in [0.3, 0.4) is 0 Å². The molecular weight excluding hydrogens is 514 g/mol. The van der Waals surface area contributed by atoms with Crippen molar-refractivity contribution >= 4 is 22.8 Å². The Kier molecular flexibility index (Phi) is 7.84. The quantitative estimate of drug-likeness (QED) is 0.311. The number of benzene rings is 1. The van der Waals surface area contributed by atoms with Crippen LogP contribution in [0, 0.1) is 17.8 Å². The molecule has 3 aliphatic rings. The molecule has 0 spiro atoms. The number of amides is 2. The molecule has 1 saturated heterocycles. The van der Waals surface area contributed by atoms with Crippen LogP contribution < -0.4 is 10.1 Å². The van der Waals surface area contributed by atoms with Gasteiger partial charge < -0.3 is 24.1 Å². The normalized spacial score (nSPS) is 19.9. The second-order valence-electron chi connectivity index (χ2n) is 12.8. The van der Waals surface area contributed by atoms with Gasteiger partial charge in [0.2, 0.25) is 0 Å². The van der Waals surface area contributed by atoms with Gasteiger partial charge in [0.1, 0.15) is 17.0 Å². The van der Waals surface area contributed by atoms with Gasteiger partial charge in [0, 0.05) is 38.3 Å². The molecule has 3 fully saturated rings. The van der Waals surface area contributed by atoms with Gasteiger partial charge in [-0.3, -0.25) is 9.59 Å². The van der Waals surface area contributed by atoms with Gasteiger partial charge in [0.15, 0.2) is 5.82 Å². The number of rotatable bonds is 11. The summed E-state index contributed by atoms with van der Waals surface area (Å²) in [4.78, 5) is 33.9. The van der Waals surface area contributed by atoms with Crippen LogP contribution in [0.15, 0.2) is 24.3 Å². The number of imidazole rings is 1.